The van der Waals surface area contributed by atoms with E-state index in [0.29, 0.717) is 5.82 Å². The van der Waals surface area contributed by atoms with Crippen molar-refractivity contribution in [1.29, 1.82) is 0 Å². The quantitative estimate of drug-likeness (QED) is 0.904. The Morgan fingerprint density at radius 1 is 1.26 bits per heavy atom. The van der Waals surface area contributed by atoms with Gasteiger partial charge in [0.1, 0.15) is 11.9 Å². The predicted molar refractivity (Wildman–Crippen MR) is 74.3 cm³/mol. The number of rotatable bonds is 3. The standard InChI is InChI=1S/C14H16N4O/c1-10-7-16-13(15)14(17-10)18-8-12(9-18)19-11-5-3-2-4-6-11/h2-7,12H,8-9H2,1H3,(H2,15,16). The van der Waals surface area contributed by atoms with Gasteiger partial charge in [-0.1, -0.05) is 18.2 Å². The molecule has 0 aliphatic carbocycles. The Hall–Kier alpha value is -2.30. The third-order valence-electron chi connectivity index (χ3n) is 3.10. The smallest absolute Gasteiger partial charge is 0.172 e. The van der Waals surface area contributed by atoms with E-state index in [-0.39, 0.29) is 6.10 Å². The summed E-state index contributed by atoms with van der Waals surface area (Å²) in [5.74, 6) is 2.13. The Balaban J connectivity index is 1.62. The van der Waals surface area contributed by atoms with Crippen LogP contribution in [0.5, 0.6) is 5.75 Å². The lowest BCUT2D eigenvalue weighted by molar-refractivity contribution is 0.167. The summed E-state index contributed by atoms with van der Waals surface area (Å²) < 4.78 is 5.84. The van der Waals surface area contributed by atoms with Gasteiger partial charge in [0.15, 0.2) is 11.6 Å². The van der Waals surface area contributed by atoms with Crippen molar-refractivity contribution in [2.75, 3.05) is 23.7 Å². The van der Waals surface area contributed by atoms with Crippen LogP contribution >= 0.6 is 0 Å². The van der Waals surface area contributed by atoms with Crippen LogP contribution in [0.15, 0.2) is 36.5 Å². The topological polar surface area (TPSA) is 64.3 Å². The normalized spacial score (nSPS) is 15.1. The zero-order valence-corrected chi connectivity index (χ0v) is 10.8. The number of para-hydroxylation sites is 1. The molecule has 2 N–H and O–H groups in total. The molecule has 1 saturated heterocycles. The predicted octanol–water partition coefficient (Wildman–Crippen LogP) is 1.63. The number of nitrogens with two attached hydrogens (primary N) is 1. The van der Waals surface area contributed by atoms with Crippen molar-refractivity contribution in [2.45, 2.75) is 13.0 Å². The Morgan fingerprint density at radius 3 is 2.74 bits per heavy atom. The van der Waals surface area contributed by atoms with Crippen molar-refractivity contribution in [1.82, 2.24) is 9.97 Å². The van der Waals surface area contributed by atoms with Gasteiger partial charge in [0.25, 0.3) is 0 Å². The van der Waals surface area contributed by atoms with Gasteiger partial charge >= 0.3 is 0 Å². The first kappa shape index (κ1) is 11.8. The Kier molecular flexibility index (Phi) is 2.95. The molecule has 0 bridgehead atoms. The highest BCUT2D eigenvalue weighted by molar-refractivity contribution is 5.59. The molecule has 1 aliphatic heterocycles. The molecule has 0 atom stereocenters. The number of aryl methyl sites for hydroxylation is 1. The van der Waals surface area contributed by atoms with E-state index >= 15 is 0 Å². The maximum atomic E-state index is 5.84. The Bertz CT molecular complexity index is 567. The molecule has 5 heteroatoms. The molecule has 0 unspecified atom stereocenters. The average molecular weight is 256 g/mol. The van der Waals surface area contributed by atoms with E-state index in [1.165, 1.54) is 0 Å². The third kappa shape index (κ3) is 2.45. The first-order valence-corrected chi connectivity index (χ1v) is 6.28. The maximum Gasteiger partial charge on any atom is 0.172 e. The van der Waals surface area contributed by atoms with Gasteiger partial charge in [-0.25, -0.2) is 9.97 Å². The van der Waals surface area contributed by atoms with Crippen LogP contribution in [-0.4, -0.2) is 29.2 Å². The van der Waals surface area contributed by atoms with Gasteiger partial charge in [-0.2, -0.15) is 0 Å². The van der Waals surface area contributed by atoms with E-state index in [9.17, 15) is 0 Å². The van der Waals surface area contributed by atoms with Crippen LogP contribution in [0.1, 0.15) is 5.69 Å². The van der Waals surface area contributed by atoms with Crippen LogP contribution in [0.25, 0.3) is 0 Å². The van der Waals surface area contributed by atoms with E-state index in [2.05, 4.69) is 14.9 Å². The van der Waals surface area contributed by atoms with Gasteiger partial charge in [-0.05, 0) is 19.1 Å². The summed E-state index contributed by atoms with van der Waals surface area (Å²) in [6.07, 6.45) is 1.86. The highest BCUT2D eigenvalue weighted by atomic mass is 16.5. The second-order valence-electron chi connectivity index (χ2n) is 4.68. The molecule has 1 aliphatic rings. The molecular weight excluding hydrogens is 240 g/mol. The molecule has 0 amide bonds. The fourth-order valence-corrected chi connectivity index (χ4v) is 2.08. The van der Waals surface area contributed by atoms with E-state index < -0.39 is 0 Å². The van der Waals surface area contributed by atoms with Crippen LogP contribution in [0, 0.1) is 6.92 Å². The fraction of sp³-hybridized carbons (Fsp3) is 0.286. The first-order chi connectivity index (χ1) is 9.22. The zero-order chi connectivity index (χ0) is 13.2. The molecule has 19 heavy (non-hydrogen) atoms. The maximum absolute atomic E-state index is 5.84. The van der Waals surface area contributed by atoms with Crippen molar-refractivity contribution >= 4 is 11.6 Å². The van der Waals surface area contributed by atoms with E-state index in [1.807, 2.05) is 37.3 Å². The van der Waals surface area contributed by atoms with Gasteiger partial charge in [-0.15, -0.1) is 0 Å². The van der Waals surface area contributed by atoms with Crippen molar-refractivity contribution < 1.29 is 4.74 Å². The number of ether oxygens (including phenoxy) is 1. The highest BCUT2D eigenvalue weighted by Gasteiger charge is 2.31. The molecule has 0 radical (unpaired) electrons. The molecule has 98 valence electrons. The summed E-state index contributed by atoms with van der Waals surface area (Å²) in [6, 6.07) is 9.83. The molecule has 2 heterocycles. The van der Waals surface area contributed by atoms with Crippen LogP contribution in [0.4, 0.5) is 11.6 Å². The van der Waals surface area contributed by atoms with Gasteiger partial charge < -0.3 is 15.4 Å². The number of nitrogen functional groups attached to an aromatic ring is 1. The van der Waals surface area contributed by atoms with Crippen molar-refractivity contribution in [3.63, 3.8) is 0 Å². The molecule has 1 aromatic carbocycles. The van der Waals surface area contributed by atoms with Crippen LogP contribution in [0.2, 0.25) is 0 Å². The summed E-state index contributed by atoms with van der Waals surface area (Å²) in [5, 5.41) is 0. The lowest BCUT2D eigenvalue weighted by Gasteiger charge is -2.40. The van der Waals surface area contributed by atoms with Crippen LogP contribution in [-0.2, 0) is 0 Å². The molecule has 0 saturated carbocycles. The average Bonchev–Trinajstić information content (AvgIpc) is 2.38. The van der Waals surface area contributed by atoms with E-state index in [1.54, 1.807) is 6.20 Å². The third-order valence-corrected chi connectivity index (χ3v) is 3.10. The molecule has 2 aromatic rings. The lowest BCUT2D eigenvalue weighted by atomic mass is 10.1. The molecule has 1 aromatic heterocycles. The minimum absolute atomic E-state index is 0.184. The lowest BCUT2D eigenvalue weighted by Crippen LogP contribution is -2.54. The molecule has 0 spiro atoms. The van der Waals surface area contributed by atoms with Gasteiger partial charge in [0.05, 0.1) is 25.0 Å². The van der Waals surface area contributed by atoms with Crippen molar-refractivity contribution in [3.8, 4) is 5.75 Å². The first-order valence-electron chi connectivity index (χ1n) is 6.28. The second kappa shape index (κ2) is 4.76. The fourth-order valence-electron chi connectivity index (χ4n) is 2.08. The van der Waals surface area contributed by atoms with Crippen LogP contribution in [0.3, 0.4) is 0 Å². The summed E-state index contributed by atoms with van der Waals surface area (Å²) in [4.78, 5) is 10.6. The van der Waals surface area contributed by atoms with E-state index in [0.717, 1.165) is 30.4 Å². The summed E-state index contributed by atoms with van der Waals surface area (Å²) >= 11 is 0. The molecular formula is C14H16N4O. The number of anilines is 2. The minimum Gasteiger partial charge on any atom is -0.487 e. The van der Waals surface area contributed by atoms with Crippen LogP contribution < -0.4 is 15.4 Å². The minimum atomic E-state index is 0.184. The number of aromatic nitrogens is 2. The van der Waals surface area contributed by atoms with Crippen molar-refractivity contribution in [2.24, 2.45) is 0 Å². The van der Waals surface area contributed by atoms with Gasteiger partial charge in [0.2, 0.25) is 0 Å². The summed E-state index contributed by atoms with van der Waals surface area (Å²) in [5.41, 5.74) is 6.71. The van der Waals surface area contributed by atoms with E-state index in [4.69, 9.17) is 10.5 Å². The SMILES string of the molecule is Cc1cnc(N)c(N2CC(Oc3ccccc3)C2)n1. The number of hydrogen-bond acceptors (Lipinski definition) is 5. The Morgan fingerprint density at radius 2 is 2.00 bits per heavy atom. The molecule has 1 fully saturated rings. The van der Waals surface area contributed by atoms with Crippen molar-refractivity contribution in [3.05, 3.63) is 42.2 Å². The Labute approximate surface area is 112 Å². The molecule has 5 nitrogen and oxygen atoms in total. The second-order valence-corrected chi connectivity index (χ2v) is 4.68. The zero-order valence-electron chi connectivity index (χ0n) is 10.8. The number of nitrogens with zero attached hydrogens (tertiary/aromatic N) is 3. The molecule has 3 rings (SSSR count). The largest absolute Gasteiger partial charge is 0.487 e. The summed E-state index contributed by atoms with van der Waals surface area (Å²) in [7, 11) is 0. The summed E-state index contributed by atoms with van der Waals surface area (Å²) in [6.45, 7) is 3.49. The number of benzene rings is 1. The van der Waals surface area contributed by atoms with Gasteiger partial charge in [-0.3, -0.25) is 0 Å². The highest BCUT2D eigenvalue weighted by Crippen LogP contribution is 2.25. The van der Waals surface area contributed by atoms with Gasteiger partial charge in [0, 0.05) is 0 Å². The monoisotopic (exact) mass is 256 g/mol. The number of hydrogen-bond donors (Lipinski definition) is 1.